The predicted molar refractivity (Wildman–Crippen MR) is 162 cm³/mol. The van der Waals surface area contributed by atoms with Gasteiger partial charge in [0.25, 0.3) is 0 Å². The number of β-amino-alcohol motifs (C(OH)–C–C–N with tert-alkyl or cyclic N) is 1. The molecule has 0 radical (unpaired) electrons. The predicted octanol–water partition coefficient (Wildman–Crippen LogP) is 6.56. The second-order valence-electron chi connectivity index (χ2n) is 11.2. The summed E-state index contributed by atoms with van der Waals surface area (Å²) in [6, 6.07) is 8.41. The first-order chi connectivity index (χ1) is 21.8. The molecule has 0 atom stereocenters. The smallest absolute Gasteiger partial charge is 0.418 e. The normalized spacial score (nSPS) is 19.8. The van der Waals surface area contributed by atoms with E-state index in [1.54, 1.807) is 25.1 Å². The van der Waals surface area contributed by atoms with Crippen LogP contribution in [-0.2, 0) is 26.7 Å². The lowest BCUT2D eigenvalue weighted by Gasteiger charge is -2.33. The third-order valence-corrected chi connectivity index (χ3v) is 9.10. The van der Waals surface area contributed by atoms with E-state index in [4.69, 9.17) is 9.84 Å². The molecule has 252 valence electrons. The third-order valence-electron chi connectivity index (χ3n) is 8.05. The Labute approximate surface area is 268 Å². The summed E-state index contributed by atoms with van der Waals surface area (Å²) in [6.07, 6.45) is -6.40. The van der Waals surface area contributed by atoms with Crippen molar-refractivity contribution in [1.82, 2.24) is 9.80 Å². The van der Waals surface area contributed by atoms with E-state index < -0.39 is 39.8 Å². The average Bonchev–Trinajstić information content (AvgIpc) is 3.00. The first-order valence-electron chi connectivity index (χ1n) is 15.1. The summed E-state index contributed by atoms with van der Waals surface area (Å²) in [5.41, 5.74) is -3.82. The van der Waals surface area contributed by atoms with Crippen molar-refractivity contribution in [1.29, 1.82) is 0 Å². The number of halogens is 6. The first kappa shape index (κ1) is 35.6. The first-order valence-corrected chi connectivity index (χ1v) is 15.9. The van der Waals surface area contributed by atoms with Crippen LogP contribution in [0.2, 0.25) is 0 Å². The Bertz CT molecular complexity index is 1380. The molecule has 0 unspecified atom stereocenters. The van der Waals surface area contributed by atoms with Gasteiger partial charge in [0.1, 0.15) is 0 Å². The molecule has 0 aromatic heterocycles. The van der Waals surface area contributed by atoms with E-state index in [2.05, 4.69) is 5.32 Å². The molecule has 2 aromatic carbocycles. The van der Waals surface area contributed by atoms with Crippen molar-refractivity contribution in [3.8, 4) is 0 Å². The Balaban J connectivity index is 1.53. The van der Waals surface area contributed by atoms with Gasteiger partial charge in [0.15, 0.2) is 0 Å². The van der Waals surface area contributed by atoms with Gasteiger partial charge in [0, 0.05) is 60.3 Å². The van der Waals surface area contributed by atoms with Gasteiger partial charge < -0.3 is 20.1 Å². The van der Waals surface area contributed by atoms with Crippen LogP contribution in [0.15, 0.2) is 52.3 Å². The highest BCUT2D eigenvalue weighted by molar-refractivity contribution is 7.99. The van der Waals surface area contributed by atoms with Crippen LogP contribution in [0.5, 0.6) is 0 Å². The van der Waals surface area contributed by atoms with E-state index >= 15 is 0 Å². The molecule has 14 heteroatoms. The van der Waals surface area contributed by atoms with Crippen LogP contribution in [0.4, 0.5) is 32.0 Å². The number of aliphatic hydroxyl groups excluding tert-OH is 1. The van der Waals surface area contributed by atoms with Gasteiger partial charge in [-0.1, -0.05) is 23.9 Å². The third kappa shape index (κ3) is 9.41. The molecule has 1 heterocycles. The molecular weight excluding hydrogens is 636 g/mol. The number of benzene rings is 2. The highest BCUT2D eigenvalue weighted by atomic mass is 32.2. The van der Waals surface area contributed by atoms with Gasteiger partial charge in [0.05, 0.1) is 30.3 Å². The van der Waals surface area contributed by atoms with E-state index in [0.29, 0.717) is 74.3 Å². The number of esters is 1. The Hall–Kier alpha value is -3.23. The fourth-order valence-electron chi connectivity index (χ4n) is 5.76. The van der Waals surface area contributed by atoms with Gasteiger partial charge in [-0.05, 0) is 68.5 Å². The van der Waals surface area contributed by atoms with Gasteiger partial charge in [-0.2, -0.15) is 26.3 Å². The number of alkyl halides is 6. The van der Waals surface area contributed by atoms with Crippen molar-refractivity contribution < 1.29 is 45.8 Å². The number of aliphatic hydroxyl groups is 1. The van der Waals surface area contributed by atoms with E-state index in [0.717, 1.165) is 24.3 Å². The Morgan fingerprint density at radius 1 is 0.978 bits per heavy atom. The molecule has 1 amide bonds. The maximum absolute atomic E-state index is 14.4. The molecule has 2 N–H and O–H groups in total. The van der Waals surface area contributed by atoms with Crippen LogP contribution in [0.3, 0.4) is 0 Å². The number of ether oxygens (including phenoxy) is 1. The molecule has 1 aliphatic heterocycles. The summed E-state index contributed by atoms with van der Waals surface area (Å²) in [4.78, 5) is 27.7. The van der Waals surface area contributed by atoms with Crippen molar-refractivity contribution in [3.63, 3.8) is 0 Å². The maximum atomic E-state index is 14.4. The minimum Gasteiger partial charge on any atom is -0.466 e. The lowest BCUT2D eigenvalue weighted by Crippen LogP contribution is -2.48. The van der Waals surface area contributed by atoms with Crippen molar-refractivity contribution in [3.05, 3.63) is 59.2 Å². The zero-order valence-electron chi connectivity index (χ0n) is 25.3. The monoisotopic (exact) mass is 673 g/mol. The molecule has 2 fully saturated rings. The minimum absolute atomic E-state index is 0.0201. The number of nitrogens with zero attached hydrogens (tertiary/aromatic N) is 2. The molecule has 1 aliphatic carbocycles. The van der Waals surface area contributed by atoms with Crippen molar-refractivity contribution in [2.45, 2.75) is 60.8 Å². The van der Waals surface area contributed by atoms with E-state index in [-0.39, 0.29) is 37.6 Å². The molecule has 0 spiro atoms. The van der Waals surface area contributed by atoms with Gasteiger partial charge in [-0.15, -0.1) is 0 Å². The summed E-state index contributed by atoms with van der Waals surface area (Å²) in [7, 11) is 0. The lowest BCUT2D eigenvalue weighted by atomic mass is 9.86. The number of anilines is 1. The number of carbonyl (C=O) groups excluding carboxylic acids is 2. The van der Waals surface area contributed by atoms with Crippen LogP contribution in [0.1, 0.15) is 49.3 Å². The van der Waals surface area contributed by atoms with E-state index in [9.17, 15) is 35.9 Å². The summed E-state index contributed by atoms with van der Waals surface area (Å²) < 4.78 is 91.0. The Kier molecular flexibility index (Phi) is 12.1. The average molecular weight is 674 g/mol. The van der Waals surface area contributed by atoms with Crippen LogP contribution < -0.4 is 5.32 Å². The molecule has 1 saturated carbocycles. The lowest BCUT2D eigenvalue weighted by molar-refractivity contribution is -0.163. The number of nitrogens with one attached hydrogen (secondary N) is 1. The molecule has 1 saturated heterocycles. The Morgan fingerprint density at radius 2 is 1.65 bits per heavy atom. The molecule has 2 aliphatic rings. The highest BCUT2D eigenvalue weighted by Gasteiger charge is 2.46. The molecule has 0 bridgehead atoms. The summed E-state index contributed by atoms with van der Waals surface area (Å²) >= 11 is 0.574. The summed E-state index contributed by atoms with van der Waals surface area (Å²) in [5.74, 6) is -1.01. The standard InChI is InChI=1S/C32H37F6N3O4S/c1-2-45-30(44)22-6-10-23(11-7-22)39-24-4-3-5-25(20-24)46-26-12-8-21(28(31(33,34)35)29(26)32(36,37)38)9-13-27(43)41-16-14-40(15-17-41)18-19-42/h3-5,8-9,12-13,20,22-23,39,42H,2,6-7,10-11,14-19H2,1H3/b13-9+. The molecule has 2 aromatic rings. The molecular formula is C32H37F6N3O4S. The molecule has 46 heavy (non-hydrogen) atoms. The zero-order valence-corrected chi connectivity index (χ0v) is 26.1. The van der Waals surface area contributed by atoms with Gasteiger partial charge in [-0.25, -0.2) is 0 Å². The number of hydrogen-bond acceptors (Lipinski definition) is 7. The van der Waals surface area contributed by atoms with E-state index in [1.807, 2.05) is 4.90 Å². The highest BCUT2D eigenvalue weighted by Crippen LogP contribution is 2.48. The number of amides is 1. The number of hydrogen-bond donors (Lipinski definition) is 2. The SMILES string of the molecule is CCOC(=O)C1CCC(Nc2cccc(Sc3ccc(/C=C/C(=O)N4CCN(CCO)CC4)c(C(F)(F)F)c3C(F)(F)F)c2)CC1. The van der Waals surface area contributed by atoms with Crippen LogP contribution >= 0.6 is 11.8 Å². The maximum Gasteiger partial charge on any atom is 0.418 e. The minimum atomic E-state index is -5.36. The quantitative estimate of drug-likeness (QED) is 0.168. The van der Waals surface area contributed by atoms with Gasteiger partial charge in [-0.3, -0.25) is 14.5 Å². The van der Waals surface area contributed by atoms with Crippen molar-refractivity contribution in [2.75, 3.05) is 51.3 Å². The summed E-state index contributed by atoms with van der Waals surface area (Å²) in [5, 5.41) is 12.4. The number of piperazine rings is 1. The fourth-order valence-corrected chi connectivity index (χ4v) is 6.80. The molecule has 7 nitrogen and oxygen atoms in total. The van der Waals surface area contributed by atoms with Gasteiger partial charge >= 0.3 is 18.3 Å². The topological polar surface area (TPSA) is 82.1 Å². The van der Waals surface area contributed by atoms with E-state index in [1.165, 1.54) is 11.0 Å². The number of carbonyl (C=O) groups is 2. The number of rotatable bonds is 10. The van der Waals surface area contributed by atoms with Crippen LogP contribution in [0, 0.1) is 5.92 Å². The van der Waals surface area contributed by atoms with Crippen molar-refractivity contribution in [2.24, 2.45) is 5.92 Å². The largest absolute Gasteiger partial charge is 0.466 e. The second kappa shape index (κ2) is 15.6. The second-order valence-corrected chi connectivity index (χ2v) is 12.3. The molecule has 4 rings (SSSR count). The van der Waals surface area contributed by atoms with Crippen LogP contribution in [-0.4, -0.2) is 78.8 Å². The Morgan fingerprint density at radius 3 is 2.26 bits per heavy atom. The summed E-state index contributed by atoms with van der Waals surface area (Å²) in [6.45, 7) is 3.92. The van der Waals surface area contributed by atoms with Crippen LogP contribution in [0.25, 0.3) is 6.08 Å². The fraction of sp³-hybridized carbons (Fsp3) is 0.500. The zero-order chi connectivity index (χ0) is 33.5. The van der Waals surface area contributed by atoms with Crippen molar-refractivity contribution >= 4 is 35.4 Å². The van der Waals surface area contributed by atoms with Gasteiger partial charge in [0.2, 0.25) is 5.91 Å².